The predicted molar refractivity (Wildman–Crippen MR) is 138 cm³/mol. The van der Waals surface area contributed by atoms with Crippen LogP contribution in [0.1, 0.15) is 41.0 Å². The lowest BCUT2D eigenvalue weighted by atomic mass is 10.0. The van der Waals surface area contributed by atoms with Crippen LogP contribution in [0.2, 0.25) is 0 Å². The number of rotatable bonds is 4. The molecule has 2 atom stereocenters. The highest BCUT2D eigenvalue weighted by molar-refractivity contribution is 6.07. The first-order valence-electron chi connectivity index (χ1n) is 12.1. The van der Waals surface area contributed by atoms with Crippen LogP contribution in [0.15, 0.2) is 41.5 Å². The molecule has 3 aromatic rings. The van der Waals surface area contributed by atoms with E-state index in [1.165, 1.54) is 18.3 Å². The number of likely N-dealkylation sites (N-methyl/N-ethyl adjacent to an activating group) is 1. The van der Waals surface area contributed by atoms with Crippen molar-refractivity contribution in [1.29, 1.82) is 5.26 Å². The number of carbonyl (C=O) groups excluding carboxylic acids is 1. The molecular formula is C27H26F4N6O2. The van der Waals surface area contributed by atoms with E-state index >= 15 is 4.39 Å². The van der Waals surface area contributed by atoms with Crippen LogP contribution < -0.4 is 15.8 Å². The lowest BCUT2D eigenvalue weighted by Crippen LogP contribution is -2.55. The molecule has 0 unspecified atom stereocenters. The molecule has 8 nitrogen and oxygen atoms in total. The minimum atomic E-state index is -4.95. The van der Waals surface area contributed by atoms with Crippen LogP contribution in [0.25, 0.3) is 11.1 Å². The second kappa shape index (κ2) is 10.5. The molecule has 204 valence electrons. The zero-order valence-electron chi connectivity index (χ0n) is 21.7. The quantitative estimate of drug-likeness (QED) is 0.469. The molecule has 1 aliphatic heterocycles. The lowest BCUT2D eigenvalue weighted by Gasteiger charge is -2.44. The highest BCUT2D eigenvalue weighted by Gasteiger charge is 2.37. The Labute approximate surface area is 221 Å². The Balaban J connectivity index is 1.86. The molecule has 0 bridgehead atoms. The van der Waals surface area contributed by atoms with Crippen molar-refractivity contribution in [1.82, 2.24) is 14.9 Å². The van der Waals surface area contributed by atoms with Crippen molar-refractivity contribution >= 4 is 17.3 Å². The molecule has 39 heavy (non-hydrogen) atoms. The Bertz CT molecular complexity index is 1520. The molecule has 1 saturated heterocycles. The number of pyridine rings is 2. The number of aromatic amines is 1. The Morgan fingerprint density at radius 1 is 1.21 bits per heavy atom. The summed E-state index contributed by atoms with van der Waals surface area (Å²) in [6.07, 6.45) is -2.83. The maximum absolute atomic E-state index is 15.6. The summed E-state index contributed by atoms with van der Waals surface area (Å²) in [5, 5.41) is 11.6. The number of anilines is 2. The lowest BCUT2D eigenvalue weighted by molar-refractivity contribution is -0.138. The third-order valence-electron chi connectivity index (χ3n) is 7.02. The molecule has 1 aliphatic rings. The van der Waals surface area contributed by atoms with E-state index in [0.717, 1.165) is 6.20 Å². The van der Waals surface area contributed by atoms with Crippen LogP contribution >= 0.6 is 0 Å². The maximum atomic E-state index is 15.6. The van der Waals surface area contributed by atoms with E-state index in [0.29, 0.717) is 30.3 Å². The number of nitriles is 1. The van der Waals surface area contributed by atoms with Gasteiger partial charge in [0, 0.05) is 48.7 Å². The van der Waals surface area contributed by atoms with Gasteiger partial charge in [0.05, 0.1) is 16.9 Å². The standard InChI is InChI=1S/C27H26F4N6O2/c1-14-7-17(11-34-22(14)10-32)18-8-21(23(9-20(18)28)37-12-15(2)36(4)16(3)13-37)35-26(39)24-19(27(29,30)31)5-6-33-25(24)38/h5-9,11,15-16H,12-13H2,1-4H3,(H,33,38)(H,35,39)/t15-,16+. The van der Waals surface area contributed by atoms with Crippen LogP contribution in [0.5, 0.6) is 0 Å². The van der Waals surface area contributed by atoms with E-state index in [9.17, 15) is 28.0 Å². The van der Waals surface area contributed by atoms with E-state index in [-0.39, 0.29) is 34.7 Å². The third kappa shape index (κ3) is 5.49. The summed E-state index contributed by atoms with van der Waals surface area (Å²) >= 11 is 0. The first-order valence-corrected chi connectivity index (χ1v) is 12.1. The molecule has 4 rings (SSSR count). The summed E-state index contributed by atoms with van der Waals surface area (Å²) in [7, 11) is 1.96. The average Bonchev–Trinajstić information content (AvgIpc) is 2.87. The van der Waals surface area contributed by atoms with Gasteiger partial charge in [0.15, 0.2) is 0 Å². The number of benzene rings is 1. The molecule has 0 saturated carbocycles. The molecule has 0 radical (unpaired) electrons. The SMILES string of the molecule is Cc1cc(-c2cc(NC(=O)c3c(C(F)(F)F)cc[nH]c3=O)c(N3C[C@@H](C)N(C)[C@@H](C)C3)cc2F)cnc1C#N. The topological polar surface area (TPSA) is 105 Å². The number of hydrogen-bond acceptors (Lipinski definition) is 6. The second-order valence-corrected chi connectivity index (χ2v) is 9.67. The van der Waals surface area contributed by atoms with Gasteiger partial charge in [-0.3, -0.25) is 14.5 Å². The minimum Gasteiger partial charge on any atom is -0.367 e. The zero-order chi connectivity index (χ0) is 28.6. The van der Waals surface area contributed by atoms with Gasteiger partial charge < -0.3 is 15.2 Å². The predicted octanol–water partition coefficient (Wildman–Crippen LogP) is 4.56. The number of piperazine rings is 1. The van der Waals surface area contributed by atoms with E-state index in [1.54, 1.807) is 13.0 Å². The Hall–Kier alpha value is -4.24. The number of alkyl halides is 3. The summed E-state index contributed by atoms with van der Waals surface area (Å²) in [6.45, 7) is 6.52. The zero-order valence-corrected chi connectivity index (χ0v) is 21.7. The number of carbonyl (C=O) groups is 1. The van der Waals surface area contributed by atoms with Crippen LogP contribution in [-0.4, -0.2) is 53.0 Å². The highest BCUT2D eigenvalue weighted by atomic mass is 19.4. The summed E-state index contributed by atoms with van der Waals surface area (Å²) < 4.78 is 56.5. The molecule has 0 aliphatic carbocycles. The number of nitrogens with zero attached hydrogens (tertiary/aromatic N) is 4. The maximum Gasteiger partial charge on any atom is 0.417 e. The van der Waals surface area contributed by atoms with Crippen molar-refractivity contribution in [2.75, 3.05) is 30.4 Å². The fourth-order valence-electron chi connectivity index (χ4n) is 4.71. The summed E-state index contributed by atoms with van der Waals surface area (Å²) in [5.74, 6) is -1.94. The third-order valence-corrected chi connectivity index (χ3v) is 7.02. The number of amides is 1. The van der Waals surface area contributed by atoms with E-state index in [2.05, 4.69) is 20.2 Å². The van der Waals surface area contributed by atoms with Crippen molar-refractivity contribution in [2.24, 2.45) is 0 Å². The molecule has 2 aromatic heterocycles. The number of nitrogens with one attached hydrogen (secondary N) is 2. The monoisotopic (exact) mass is 542 g/mol. The highest BCUT2D eigenvalue weighted by Crippen LogP contribution is 2.37. The number of H-pyrrole nitrogens is 1. The van der Waals surface area contributed by atoms with Gasteiger partial charge in [-0.15, -0.1) is 0 Å². The van der Waals surface area contributed by atoms with Crippen LogP contribution in [0.4, 0.5) is 28.9 Å². The van der Waals surface area contributed by atoms with Crippen molar-refractivity contribution in [3.63, 3.8) is 0 Å². The van der Waals surface area contributed by atoms with E-state index in [1.807, 2.05) is 31.9 Å². The number of hydrogen-bond donors (Lipinski definition) is 2. The number of halogens is 4. The van der Waals surface area contributed by atoms with Crippen molar-refractivity contribution in [2.45, 2.75) is 39.0 Å². The summed E-state index contributed by atoms with van der Waals surface area (Å²) in [5.41, 5.74) is -2.43. The fourth-order valence-corrected chi connectivity index (χ4v) is 4.71. The molecule has 12 heteroatoms. The van der Waals surface area contributed by atoms with Gasteiger partial charge in [-0.25, -0.2) is 9.37 Å². The number of aryl methyl sites for hydroxylation is 1. The molecule has 3 heterocycles. The first-order chi connectivity index (χ1) is 18.3. The van der Waals surface area contributed by atoms with Gasteiger partial charge in [-0.1, -0.05) is 0 Å². The average molecular weight is 543 g/mol. The molecule has 1 amide bonds. The normalized spacial score (nSPS) is 18.1. The Morgan fingerprint density at radius 2 is 1.87 bits per heavy atom. The van der Waals surface area contributed by atoms with E-state index < -0.39 is 34.6 Å². The second-order valence-electron chi connectivity index (χ2n) is 9.67. The van der Waals surface area contributed by atoms with Gasteiger partial charge in [0.2, 0.25) is 0 Å². The summed E-state index contributed by atoms with van der Waals surface area (Å²) in [6, 6.07) is 6.73. The van der Waals surface area contributed by atoms with Gasteiger partial charge in [-0.2, -0.15) is 18.4 Å². The minimum absolute atomic E-state index is 0.0161. The molecule has 2 N–H and O–H groups in total. The van der Waals surface area contributed by atoms with Gasteiger partial charge in [0.25, 0.3) is 11.5 Å². The largest absolute Gasteiger partial charge is 0.417 e. The number of aromatic nitrogens is 2. The molecular weight excluding hydrogens is 516 g/mol. The molecule has 1 aromatic carbocycles. The van der Waals surface area contributed by atoms with Crippen molar-refractivity contribution < 1.29 is 22.4 Å². The van der Waals surface area contributed by atoms with Crippen LogP contribution in [-0.2, 0) is 6.18 Å². The Morgan fingerprint density at radius 3 is 2.46 bits per heavy atom. The first kappa shape index (κ1) is 27.8. The molecule has 1 fully saturated rings. The van der Waals surface area contributed by atoms with Crippen molar-refractivity contribution in [3.8, 4) is 17.2 Å². The van der Waals surface area contributed by atoms with Gasteiger partial charge >= 0.3 is 6.18 Å². The van der Waals surface area contributed by atoms with E-state index in [4.69, 9.17) is 0 Å². The smallest absolute Gasteiger partial charge is 0.367 e. The van der Waals surface area contributed by atoms with Gasteiger partial charge in [0.1, 0.15) is 23.1 Å². The molecule has 0 spiro atoms. The van der Waals surface area contributed by atoms with Crippen molar-refractivity contribution in [3.05, 3.63) is 75.2 Å². The van der Waals surface area contributed by atoms with Gasteiger partial charge in [-0.05, 0) is 57.6 Å². The Kier molecular flexibility index (Phi) is 7.48. The fraction of sp³-hybridized carbons (Fsp3) is 0.333. The van der Waals surface area contributed by atoms with Crippen LogP contribution in [0.3, 0.4) is 0 Å². The summed E-state index contributed by atoms with van der Waals surface area (Å²) in [4.78, 5) is 35.7. The van der Waals surface area contributed by atoms with Crippen LogP contribution in [0, 0.1) is 24.1 Å².